The van der Waals surface area contributed by atoms with E-state index in [4.69, 9.17) is 14.0 Å². The smallest absolute Gasteiger partial charge is 0.161 e. The molecule has 0 radical (unpaired) electrons. The van der Waals surface area contributed by atoms with Crippen LogP contribution in [0.15, 0.2) is 34.9 Å². The minimum Gasteiger partial charge on any atom is -0.493 e. The van der Waals surface area contributed by atoms with Crippen LogP contribution in [0, 0.1) is 6.92 Å². The van der Waals surface area contributed by atoms with E-state index in [1.54, 1.807) is 7.11 Å². The number of para-hydroxylation sites is 2. The Balaban J connectivity index is 1.69. The molecule has 0 fully saturated rings. The van der Waals surface area contributed by atoms with Crippen LogP contribution in [0.3, 0.4) is 0 Å². The number of rotatable bonds is 7. The van der Waals surface area contributed by atoms with Gasteiger partial charge in [-0.15, -0.1) is 0 Å². The first-order valence-electron chi connectivity index (χ1n) is 6.18. The van der Waals surface area contributed by atoms with Crippen molar-refractivity contribution in [2.45, 2.75) is 13.5 Å². The quantitative estimate of drug-likeness (QED) is 0.775. The molecule has 0 aliphatic heterocycles. The van der Waals surface area contributed by atoms with Crippen LogP contribution in [0.1, 0.15) is 11.5 Å². The summed E-state index contributed by atoms with van der Waals surface area (Å²) in [5.41, 5.74) is 0.898. The molecule has 5 heteroatoms. The Kier molecular flexibility index (Phi) is 4.80. The van der Waals surface area contributed by atoms with Crippen molar-refractivity contribution in [1.82, 2.24) is 10.5 Å². The minimum absolute atomic E-state index is 0.567. The molecule has 0 saturated carbocycles. The van der Waals surface area contributed by atoms with Gasteiger partial charge < -0.3 is 19.3 Å². The minimum atomic E-state index is 0.567. The number of hydrogen-bond acceptors (Lipinski definition) is 5. The fraction of sp³-hybridized carbons (Fsp3) is 0.357. The van der Waals surface area contributed by atoms with Gasteiger partial charge in [-0.25, -0.2) is 0 Å². The molecule has 0 bridgehead atoms. The largest absolute Gasteiger partial charge is 0.493 e. The lowest BCUT2D eigenvalue weighted by molar-refractivity contribution is 0.291. The number of benzene rings is 1. The molecule has 0 saturated heterocycles. The van der Waals surface area contributed by atoms with E-state index in [-0.39, 0.29) is 0 Å². The lowest BCUT2D eigenvalue weighted by Gasteiger charge is -2.10. The average molecular weight is 262 g/mol. The third-order valence-corrected chi connectivity index (χ3v) is 2.59. The molecule has 0 aliphatic carbocycles. The van der Waals surface area contributed by atoms with Gasteiger partial charge in [-0.05, 0) is 19.1 Å². The maximum absolute atomic E-state index is 5.64. The summed E-state index contributed by atoms with van der Waals surface area (Å²) in [6.07, 6.45) is 0. The Labute approximate surface area is 112 Å². The third-order valence-electron chi connectivity index (χ3n) is 2.59. The van der Waals surface area contributed by atoms with E-state index in [1.165, 1.54) is 0 Å². The fourth-order valence-corrected chi connectivity index (χ4v) is 1.69. The monoisotopic (exact) mass is 262 g/mol. The predicted molar refractivity (Wildman–Crippen MR) is 71.4 cm³/mol. The molecule has 0 amide bonds. The van der Waals surface area contributed by atoms with Gasteiger partial charge in [-0.1, -0.05) is 17.3 Å². The highest BCUT2D eigenvalue weighted by Gasteiger charge is 2.02. The Bertz CT molecular complexity index is 511. The molecule has 1 N–H and O–H groups in total. The van der Waals surface area contributed by atoms with E-state index in [9.17, 15) is 0 Å². The zero-order valence-electron chi connectivity index (χ0n) is 11.2. The summed E-state index contributed by atoms with van der Waals surface area (Å²) in [5, 5.41) is 7.14. The zero-order chi connectivity index (χ0) is 13.5. The molecule has 102 valence electrons. The number of nitrogens with zero attached hydrogens (tertiary/aromatic N) is 1. The van der Waals surface area contributed by atoms with E-state index in [0.717, 1.165) is 29.5 Å². The van der Waals surface area contributed by atoms with E-state index >= 15 is 0 Å². The van der Waals surface area contributed by atoms with Gasteiger partial charge in [-0.2, -0.15) is 0 Å². The van der Waals surface area contributed by atoms with E-state index in [1.807, 2.05) is 37.3 Å². The van der Waals surface area contributed by atoms with Gasteiger partial charge in [0.25, 0.3) is 0 Å². The van der Waals surface area contributed by atoms with Gasteiger partial charge in [0, 0.05) is 19.2 Å². The van der Waals surface area contributed by atoms with Gasteiger partial charge in [0.15, 0.2) is 11.5 Å². The SMILES string of the molecule is COc1ccccc1OCCNCc1cc(C)on1. The topological polar surface area (TPSA) is 56.5 Å². The van der Waals surface area contributed by atoms with Crippen LogP contribution in [-0.2, 0) is 6.54 Å². The Hall–Kier alpha value is -2.01. The van der Waals surface area contributed by atoms with Gasteiger partial charge in [0.1, 0.15) is 12.4 Å². The molecule has 0 aliphatic rings. The molecular formula is C14H18N2O3. The van der Waals surface area contributed by atoms with Crippen molar-refractivity contribution in [3.05, 3.63) is 41.8 Å². The first-order valence-corrected chi connectivity index (χ1v) is 6.18. The van der Waals surface area contributed by atoms with E-state index in [0.29, 0.717) is 13.2 Å². The molecule has 1 aromatic heterocycles. The van der Waals surface area contributed by atoms with Crippen LogP contribution >= 0.6 is 0 Å². The van der Waals surface area contributed by atoms with Gasteiger partial charge in [0.05, 0.1) is 12.8 Å². The highest BCUT2D eigenvalue weighted by atomic mass is 16.5. The highest BCUT2D eigenvalue weighted by molar-refractivity contribution is 5.39. The van der Waals surface area contributed by atoms with Crippen molar-refractivity contribution < 1.29 is 14.0 Å². The number of aryl methyl sites for hydroxylation is 1. The maximum Gasteiger partial charge on any atom is 0.161 e. The molecule has 5 nitrogen and oxygen atoms in total. The Morgan fingerprint density at radius 1 is 1.26 bits per heavy atom. The number of methoxy groups -OCH3 is 1. The normalized spacial score (nSPS) is 10.4. The molecular weight excluding hydrogens is 244 g/mol. The molecule has 0 atom stereocenters. The van der Waals surface area contributed by atoms with Gasteiger partial charge in [0.2, 0.25) is 0 Å². The molecule has 0 unspecified atom stereocenters. The summed E-state index contributed by atoms with van der Waals surface area (Å²) in [7, 11) is 1.63. The summed E-state index contributed by atoms with van der Waals surface area (Å²) in [4.78, 5) is 0. The van der Waals surface area contributed by atoms with Crippen molar-refractivity contribution in [3.8, 4) is 11.5 Å². The van der Waals surface area contributed by atoms with Gasteiger partial charge >= 0.3 is 0 Å². The third kappa shape index (κ3) is 3.99. The van der Waals surface area contributed by atoms with Crippen molar-refractivity contribution >= 4 is 0 Å². The number of hydrogen-bond donors (Lipinski definition) is 1. The molecule has 2 aromatic rings. The number of aromatic nitrogens is 1. The summed E-state index contributed by atoms with van der Waals surface area (Å²) >= 11 is 0. The Morgan fingerprint density at radius 2 is 2.05 bits per heavy atom. The van der Waals surface area contributed by atoms with Crippen molar-refractivity contribution in [3.63, 3.8) is 0 Å². The van der Waals surface area contributed by atoms with Crippen LogP contribution in [0.5, 0.6) is 11.5 Å². The number of nitrogens with one attached hydrogen (secondary N) is 1. The van der Waals surface area contributed by atoms with Crippen molar-refractivity contribution in [2.75, 3.05) is 20.3 Å². The molecule has 2 rings (SSSR count). The fourth-order valence-electron chi connectivity index (χ4n) is 1.69. The maximum atomic E-state index is 5.64. The van der Waals surface area contributed by atoms with Crippen LogP contribution < -0.4 is 14.8 Å². The molecule has 19 heavy (non-hydrogen) atoms. The lowest BCUT2D eigenvalue weighted by atomic mass is 10.3. The second-order valence-electron chi connectivity index (χ2n) is 4.10. The van der Waals surface area contributed by atoms with Crippen molar-refractivity contribution in [2.24, 2.45) is 0 Å². The second-order valence-corrected chi connectivity index (χ2v) is 4.10. The number of ether oxygens (including phenoxy) is 2. The van der Waals surface area contributed by atoms with Crippen molar-refractivity contribution in [1.29, 1.82) is 0 Å². The van der Waals surface area contributed by atoms with Crippen LogP contribution in [0.25, 0.3) is 0 Å². The summed E-state index contributed by atoms with van der Waals surface area (Å²) < 4.78 is 15.8. The summed E-state index contributed by atoms with van der Waals surface area (Å²) in [6, 6.07) is 9.51. The zero-order valence-corrected chi connectivity index (χ0v) is 11.2. The highest BCUT2D eigenvalue weighted by Crippen LogP contribution is 2.25. The predicted octanol–water partition coefficient (Wildman–Crippen LogP) is 2.16. The standard InChI is InChI=1S/C14H18N2O3/c1-11-9-12(16-19-11)10-15-7-8-18-14-6-4-3-5-13(14)17-2/h3-6,9,15H,7-8,10H2,1-2H3. The molecule has 0 spiro atoms. The van der Waals surface area contributed by atoms with E-state index < -0.39 is 0 Å². The Morgan fingerprint density at radius 3 is 2.74 bits per heavy atom. The van der Waals surface area contributed by atoms with Crippen LogP contribution in [-0.4, -0.2) is 25.4 Å². The summed E-state index contributed by atoms with van der Waals surface area (Å²) in [5.74, 6) is 2.32. The lowest BCUT2D eigenvalue weighted by Crippen LogP contribution is -2.20. The second kappa shape index (κ2) is 6.80. The molecule has 1 heterocycles. The van der Waals surface area contributed by atoms with E-state index in [2.05, 4.69) is 10.5 Å². The van der Waals surface area contributed by atoms with Gasteiger partial charge in [-0.3, -0.25) is 0 Å². The summed E-state index contributed by atoms with van der Waals surface area (Å²) in [6.45, 7) is 3.84. The van der Waals surface area contributed by atoms with Crippen LogP contribution in [0.4, 0.5) is 0 Å². The van der Waals surface area contributed by atoms with Crippen LogP contribution in [0.2, 0.25) is 0 Å². The average Bonchev–Trinajstić information content (AvgIpc) is 2.84. The first kappa shape index (κ1) is 13.4. The molecule has 1 aromatic carbocycles. The first-order chi connectivity index (χ1) is 9.29.